The molecule has 1 amide bonds. The number of anilines is 1. The number of nitrogens with zero attached hydrogens (tertiary/aromatic N) is 3. The molecular weight excluding hydrogens is 488 g/mol. The van der Waals surface area contributed by atoms with E-state index in [0.29, 0.717) is 12.8 Å². The Morgan fingerprint density at radius 2 is 1.77 bits per heavy atom. The number of rotatable bonds is 5. The molecule has 6 nitrogen and oxygen atoms in total. The summed E-state index contributed by atoms with van der Waals surface area (Å²) in [5, 5.41) is 14.5. The Bertz CT molecular complexity index is 1130. The molecule has 0 aliphatic heterocycles. The van der Waals surface area contributed by atoms with Crippen LogP contribution in [0, 0.1) is 11.3 Å². The van der Waals surface area contributed by atoms with Gasteiger partial charge in [0.25, 0.3) is 0 Å². The molecule has 1 heterocycles. The number of nitrogens with one attached hydrogen (secondary N) is 1. The van der Waals surface area contributed by atoms with Gasteiger partial charge < -0.3 is 11.1 Å². The smallest absolute Gasteiger partial charge is 0.310 e. The predicted molar refractivity (Wildman–Crippen MR) is 108 cm³/mol. The van der Waals surface area contributed by atoms with Crippen LogP contribution < -0.4 is 11.1 Å². The quantitative estimate of drug-likeness (QED) is 0.500. The molecule has 1 fully saturated rings. The van der Waals surface area contributed by atoms with Gasteiger partial charge in [-0.25, -0.2) is 4.68 Å². The standard InChI is InChI=1S/C17H16Cl2F5N5OS/c1-8(2)27-16(30)17(3-4-17)13-12(7-25)28-29(15(13)26)14-10(18)5-9(6-11(14)19)31(20,21,22,23)24/h5-6,8H,3-4,26H2,1-2H3,(H,27,30). The number of nitriles is 1. The lowest BCUT2D eigenvalue weighted by molar-refractivity contribution is -0.124. The van der Waals surface area contributed by atoms with Crippen molar-refractivity contribution in [1.29, 1.82) is 5.26 Å². The van der Waals surface area contributed by atoms with Crippen LogP contribution in [0.4, 0.5) is 25.2 Å². The van der Waals surface area contributed by atoms with Gasteiger partial charge in [0.1, 0.15) is 22.5 Å². The van der Waals surface area contributed by atoms with Crippen molar-refractivity contribution in [1.82, 2.24) is 15.1 Å². The summed E-state index contributed by atoms with van der Waals surface area (Å²) in [6.07, 6.45) is 0.724. The van der Waals surface area contributed by atoms with Crippen LogP contribution in [0.1, 0.15) is 37.9 Å². The van der Waals surface area contributed by atoms with Gasteiger partial charge in [0.15, 0.2) is 5.69 Å². The van der Waals surface area contributed by atoms with Gasteiger partial charge in [0, 0.05) is 11.6 Å². The van der Waals surface area contributed by atoms with E-state index in [1.807, 2.05) is 0 Å². The average molecular weight is 504 g/mol. The van der Waals surface area contributed by atoms with Crippen molar-refractivity contribution in [3.63, 3.8) is 0 Å². The Kier molecular flexibility index (Phi) is 4.84. The first kappa shape index (κ1) is 23.4. The summed E-state index contributed by atoms with van der Waals surface area (Å²) in [6, 6.07) is 1.64. The lowest BCUT2D eigenvalue weighted by Crippen LogP contribution is -2.39. The van der Waals surface area contributed by atoms with Crippen LogP contribution in [0.15, 0.2) is 17.0 Å². The molecule has 1 saturated carbocycles. The molecule has 0 spiro atoms. The highest BCUT2D eigenvalue weighted by atomic mass is 35.5. The van der Waals surface area contributed by atoms with Crippen molar-refractivity contribution in [2.45, 2.75) is 43.0 Å². The maximum atomic E-state index is 13.1. The molecule has 0 unspecified atom stereocenters. The minimum atomic E-state index is -10.0. The molecule has 2 aromatic rings. The van der Waals surface area contributed by atoms with Crippen LogP contribution in [0.5, 0.6) is 0 Å². The molecule has 0 bridgehead atoms. The summed E-state index contributed by atoms with van der Waals surface area (Å²) >= 11 is 11.7. The number of carbonyl (C=O) groups excluding carboxylic acids is 1. The number of hydrogen-bond donors (Lipinski definition) is 2. The average Bonchev–Trinajstić information content (AvgIpc) is 3.31. The third kappa shape index (κ3) is 4.14. The molecule has 1 aromatic heterocycles. The van der Waals surface area contributed by atoms with Crippen LogP contribution in [-0.2, 0) is 10.2 Å². The molecule has 170 valence electrons. The van der Waals surface area contributed by atoms with Gasteiger partial charge >= 0.3 is 10.2 Å². The van der Waals surface area contributed by atoms with Crippen LogP contribution in [0.2, 0.25) is 10.0 Å². The fourth-order valence-electron chi connectivity index (χ4n) is 3.23. The lowest BCUT2D eigenvalue weighted by Gasteiger charge is -2.40. The molecule has 1 aromatic carbocycles. The number of carbonyl (C=O) groups is 1. The first-order valence-electron chi connectivity index (χ1n) is 8.75. The molecule has 0 atom stereocenters. The predicted octanol–water partition coefficient (Wildman–Crippen LogP) is 5.85. The van der Waals surface area contributed by atoms with Gasteiger partial charge in [-0.3, -0.25) is 4.79 Å². The molecule has 0 radical (unpaired) electrons. The maximum absolute atomic E-state index is 13.1. The number of benzene rings is 1. The Hall–Kier alpha value is -2.23. The summed E-state index contributed by atoms with van der Waals surface area (Å²) < 4.78 is 66.5. The zero-order chi connectivity index (χ0) is 23.6. The molecule has 1 aliphatic rings. The largest absolute Gasteiger partial charge is 0.383 e. The molecule has 3 rings (SSSR count). The van der Waals surface area contributed by atoms with E-state index in [1.165, 1.54) is 0 Å². The number of amides is 1. The Morgan fingerprint density at radius 1 is 1.26 bits per heavy atom. The molecule has 0 saturated heterocycles. The minimum Gasteiger partial charge on any atom is -0.383 e. The third-order valence-electron chi connectivity index (χ3n) is 4.76. The second-order valence-corrected chi connectivity index (χ2v) is 10.8. The van der Waals surface area contributed by atoms with E-state index in [-0.39, 0.29) is 35.2 Å². The molecular formula is C17H16Cl2F5N5OS. The Morgan fingerprint density at radius 3 is 2.16 bits per heavy atom. The SMILES string of the molecule is CC(C)NC(=O)C1(c2c(C#N)nn(-c3c(Cl)cc(S(F)(F)(F)(F)F)cc3Cl)c2N)CC1. The van der Waals surface area contributed by atoms with E-state index in [9.17, 15) is 29.5 Å². The summed E-state index contributed by atoms with van der Waals surface area (Å²) in [7, 11) is -10.0. The van der Waals surface area contributed by atoms with E-state index in [1.54, 1.807) is 19.9 Å². The number of hydrogen-bond acceptors (Lipinski definition) is 4. The van der Waals surface area contributed by atoms with Crippen molar-refractivity contribution in [3.8, 4) is 11.8 Å². The fraction of sp³-hybridized carbons (Fsp3) is 0.353. The monoisotopic (exact) mass is 503 g/mol. The van der Waals surface area contributed by atoms with Crippen molar-refractivity contribution >= 4 is 45.2 Å². The van der Waals surface area contributed by atoms with Gasteiger partial charge in [-0.2, -0.15) is 10.4 Å². The van der Waals surface area contributed by atoms with Crippen molar-refractivity contribution in [3.05, 3.63) is 33.4 Å². The normalized spacial score (nSPS) is 17.6. The second-order valence-electron chi connectivity index (χ2n) is 7.55. The second kappa shape index (κ2) is 6.40. The van der Waals surface area contributed by atoms with Crippen molar-refractivity contribution in [2.24, 2.45) is 0 Å². The first-order valence-corrected chi connectivity index (χ1v) is 11.5. The highest BCUT2D eigenvalue weighted by Crippen LogP contribution is 3.02. The van der Waals surface area contributed by atoms with Gasteiger partial charge in [-0.15, -0.1) is 0 Å². The Labute approximate surface area is 183 Å². The zero-order valence-electron chi connectivity index (χ0n) is 16.0. The van der Waals surface area contributed by atoms with E-state index >= 15 is 0 Å². The molecule has 3 N–H and O–H groups in total. The van der Waals surface area contributed by atoms with E-state index in [2.05, 4.69) is 10.4 Å². The zero-order valence-corrected chi connectivity index (χ0v) is 18.4. The fourth-order valence-corrected chi connectivity index (χ4v) is 4.69. The molecule has 1 aliphatic carbocycles. The van der Waals surface area contributed by atoms with Gasteiger partial charge in [0.05, 0.1) is 15.5 Å². The van der Waals surface area contributed by atoms with Gasteiger partial charge in [-0.05, 0) is 38.8 Å². The summed E-state index contributed by atoms with van der Waals surface area (Å²) in [6.45, 7) is 3.48. The van der Waals surface area contributed by atoms with E-state index in [4.69, 9.17) is 28.9 Å². The number of aromatic nitrogens is 2. The summed E-state index contributed by atoms with van der Waals surface area (Å²) in [5.41, 5.74) is 4.38. The minimum absolute atomic E-state index is 0.0233. The first-order chi connectivity index (χ1) is 13.9. The maximum Gasteiger partial charge on any atom is 0.310 e. The van der Waals surface area contributed by atoms with Crippen molar-refractivity contribution in [2.75, 3.05) is 5.73 Å². The lowest BCUT2D eigenvalue weighted by atomic mass is 9.94. The van der Waals surface area contributed by atoms with E-state index < -0.39 is 42.2 Å². The van der Waals surface area contributed by atoms with E-state index in [0.717, 1.165) is 4.68 Å². The van der Waals surface area contributed by atoms with Crippen LogP contribution in [0.3, 0.4) is 0 Å². The highest BCUT2D eigenvalue weighted by molar-refractivity contribution is 8.45. The Balaban J connectivity index is 2.20. The summed E-state index contributed by atoms with van der Waals surface area (Å²) in [5.74, 6) is -0.643. The third-order valence-corrected chi connectivity index (χ3v) is 6.46. The van der Waals surface area contributed by atoms with Crippen LogP contribution >= 0.6 is 33.4 Å². The van der Waals surface area contributed by atoms with Crippen LogP contribution in [-0.4, -0.2) is 21.7 Å². The van der Waals surface area contributed by atoms with Crippen molar-refractivity contribution < 1.29 is 24.2 Å². The molecule has 14 heteroatoms. The van der Waals surface area contributed by atoms with Gasteiger partial charge in [0.2, 0.25) is 5.91 Å². The topological polar surface area (TPSA) is 96.7 Å². The summed E-state index contributed by atoms with van der Waals surface area (Å²) in [4.78, 5) is 10.4. The number of nitrogens with two attached hydrogens (primary N) is 1. The van der Waals surface area contributed by atoms with Crippen LogP contribution in [0.25, 0.3) is 5.69 Å². The number of halogens is 7. The molecule has 31 heavy (non-hydrogen) atoms. The van der Waals surface area contributed by atoms with Gasteiger partial charge in [-0.1, -0.05) is 42.6 Å². The number of nitrogen functional groups attached to an aromatic ring is 1. The highest BCUT2D eigenvalue weighted by Gasteiger charge is 2.65.